The lowest BCUT2D eigenvalue weighted by molar-refractivity contribution is -0.163. The fraction of sp³-hybridized carbons (Fsp3) is 0.250. The van der Waals surface area contributed by atoms with E-state index in [-0.39, 0.29) is 18.8 Å². The summed E-state index contributed by atoms with van der Waals surface area (Å²) in [5, 5.41) is 7.85. The van der Waals surface area contributed by atoms with Gasteiger partial charge in [0.05, 0.1) is 24.6 Å². The first-order valence-electron chi connectivity index (χ1n) is 5.39. The first-order chi connectivity index (χ1) is 8.24. The van der Waals surface area contributed by atoms with Crippen LogP contribution < -0.4 is 0 Å². The summed E-state index contributed by atoms with van der Waals surface area (Å²) < 4.78 is 4.53. The number of fused-ring (bicyclic) bond motifs is 1. The Labute approximate surface area is 96.8 Å². The van der Waals surface area contributed by atoms with Crippen molar-refractivity contribution in [1.82, 2.24) is 10.2 Å². The summed E-state index contributed by atoms with van der Waals surface area (Å²) in [7, 11) is 0. The molecule has 0 atom stereocenters. The lowest BCUT2D eigenvalue weighted by atomic mass is 9.90. The minimum Gasteiger partial charge on any atom is -0.393 e. The molecule has 1 aliphatic rings. The number of hydrogen-bond acceptors (Lipinski definition) is 4. The number of cyclic esters (lactones) is 2. The highest BCUT2D eigenvalue weighted by molar-refractivity contribution is 5.91. The molecule has 3 rings (SSSR count). The fourth-order valence-corrected chi connectivity index (χ4v) is 2.24. The standard InChI is InChI=1S/C12H10N2O3/c15-10-4-8(5-11(16)17-10)9-3-1-2-7-6-13-14-12(7)9/h1-3,6,8H,4-5H2,(H,13,14). The van der Waals surface area contributed by atoms with Gasteiger partial charge in [0.2, 0.25) is 0 Å². The molecule has 0 saturated carbocycles. The van der Waals surface area contributed by atoms with Crippen LogP contribution in [0.2, 0.25) is 0 Å². The molecule has 2 aromatic rings. The molecule has 0 aliphatic carbocycles. The number of H-pyrrole nitrogens is 1. The number of nitrogens with zero attached hydrogens (tertiary/aromatic N) is 1. The molecule has 1 N–H and O–H groups in total. The predicted molar refractivity (Wildman–Crippen MR) is 59.2 cm³/mol. The lowest BCUT2D eigenvalue weighted by Gasteiger charge is -2.20. The molecule has 0 radical (unpaired) electrons. The van der Waals surface area contributed by atoms with Crippen LogP contribution >= 0.6 is 0 Å². The van der Waals surface area contributed by atoms with Gasteiger partial charge in [-0.25, -0.2) is 0 Å². The van der Waals surface area contributed by atoms with Crippen molar-refractivity contribution in [3.05, 3.63) is 30.0 Å². The zero-order valence-electron chi connectivity index (χ0n) is 8.97. The van der Waals surface area contributed by atoms with Gasteiger partial charge >= 0.3 is 11.9 Å². The van der Waals surface area contributed by atoms with E-state index in [1.165, 1.54) is 0 Å². The van der Waals surface area contributed by atoms with Gasteiger partial charge in [-0.05, 0) is 5.56 Å². The third-order valence-corrected chi connectivity index (χ3v) is 3.00. The van der Waals surface area contributed by atoms with Crippen LogP contribution in [0.15, 0.2) is 24.4 Å². The molecule has 1 aromatic carbocycles. The molecule has 1 fully saturated rings. The SMILES string of the molecule is O=C1CC(c2cccc3cn[nH]c23)CC(=O)O1. The topological polar surface area (TPSA) is 72.0 Å². The second-order valence-corrected chi connectivity index (χ2v) is 4.13. The van der Waals surface area contributed by atoms with Crippen LogP contribution in [0, 0.1) is 0 Å². The molecule has 5 heteroatoms. The molecule has 0 bridgehead atoms. The minimum atomic E-state index is -0.456. The number of ether oxygens (including phenoxy) is 1. The van der Waals surface area contributed by atoms with Gasteiger partial charge in [0.1, 0.15) is 0 Å². The number of benzene rings is 1. The van der Waals surface area contributed by atoms with Crippen molar-refractivity contribution in [3.63, 3.8) is 0 Å². The van der Waals surface area contributed by atoms with E-state index in [0.717, 1.165) is 16.5 Å². The number of para-hydroxylation sites is 1. The van der Waals surface area contributed by atoms with E-state index >= 15 is 0 Å². The first kappa shape index (κ1) is 10.0. The molecular formula is C12H10N2O3. The number of rotatable bonds is 1. The molecule has 86 valence electrons. The molecule has 0 spiro atoms. The maximum Gasteiger partial charge on any atom is 0.314 e. The summed E-state index contributed by atoms with van der Waals surface area (Å²) in [5.41, 5.74) is 1.84. The first-order valence-corrected chi connectivity index (χ1v) is 5.39. The van der Waals surface area contributed by atoms with Crippen LogP contribution in [0.25, 0.3) is 10.9 Å². The van der Waals surface area contributed by atoms with Gasteiger partial charge in [0, 0.05) is 11.3 Å². The van der Waals surface area contributed by atoms with Crippen molar-refractivity contribution in [2.45, 2.75) is 18.8 Å². The Morgan fingerprint density at radius 3 is 2.76 bits per heavy atom. The van der Waals surface area contributed by atoms with E-state index in [1.54, 1.807) is 6.20 Å². The van der Waals surface area contributed by atoms with Crippen molar-refractivity contribution < 1.29 is 14.3 Å². The Hall–Kier alpha value is -2.17. The Kier molecular flexibility index (Phi) is 2.18. The number of hydrogen-bond donors (Lipinski definition) is 1. The maximum atomic E-state index is 11.3. The van der Waals surface area contributed by atoms with Gasteiger partial charge in [0.15, 0.2) is 0 Å². The van der Waals surface area contributed by atoms with E-state index in [9.17, 15) is 9.59 Å². The third kappa shape index (κ3) is 1.69. The average Bonchev–Trinajstić information content (AvgIpc) is 2.75. The van der Waals surface area contributed by atoms with Crippen molar-refractivity contribution in [3.8, 4) is 0 Å². The van der Waals surface area contributed by atoms with Crippen LogP contribution in [-0.4, -0.2) is 22.1 Å². The summed E-state index contributed by atoms with van der Waals surface area (Å²) in [6.45, 7) is 0. The van der Waals surface area contributed by atoms with Crippen molar-refractivity contribution in [1.29, 1.82) is 0 Å². The second-order valence-electron chi connectivity index (χ2n) is 4.13. The van der Waals surface area contributed by atoms with Gasteiger partial charge in [0.25, 0.3) is 0 Å². The zero-order valence-corrected chi connectivity index (χ0v) is 8.97. The number of esters is 2. The third-order valence-electron chi connectivity index (χ3n) is 3.00. The number of aromatic nitrogens is 2. The van der Waals surface area contributed by atoms with E-state index in [4.69, 9.17) is 0 Å². The van der Waals surface area contributed by atoms with E-state index in [0.29, 0.717) is 0 Å². The number of carbonyl (C=O) groups is 2. The zero-order chi connectivity index (χ0) is 11.8. The summed E-state index contributed by atoms with van der Waals surface area (Å²) in [6.07, 6.45) is 2.20. The maximum absolute atomic E-state index is 11.3. The molecule has 17 heavy (non-hydrogen) atoms. The van der Waals surface area contributed by atoms with Crippen LogP contribution in [-0.2, 0) is 14.3 Å². The number of carbonyl (C=O) groups excluding carboxylic acids is 2. The number of nitrogens with one attached hydrogen (secondary N) is 1. The monoisotopic (exact) mass is 230 g/mol. The van der Waals surface area contributed by atoms with E-state index in [1.807, 2.05) is 18.2 Å². The molecule has 2 heterocycles. The van der Waals surface area contributed by atoms with Crippen molar-refractivity contribution in [2.75, 3.05) is 0 Å². The quantitative estimate of drug-likeness (QED) is 0.595. The van der Waals surface area contributed by atoms with Gasteiger partial charge in [-0.15, -0.1) is 0 Å². The van der Waals surface area contributed by atoms with Crippen molar-refractivity contribution >= 4 is 22.8 Å². The molecule has 1 aliphatic heterocycles. The predicted octanol–water partition coefficient (Wildman–Crippen LogP) is 1.51. The Balaban J connectivity index is 2.05. The normalized spacial score (nSPS) is 17.4. The van der Waals surface area contributed by atoms with Gasteiger partial charge < -0.3 is 4.74 Å². The Bertz CT molecular complexity index is 587. The Morgan fingerprint density at radius 1 is 1.24 bits per heavy atom. The van der Waals surface area contributed by atoms with Crippen LogP contribution in [0.3, 0.4) is 0 Å². The average molecular weight is 230 g/mol. The van der Waals surface area contributed by atoms with Gasteiger partial charge in [-0.3, -0.25) is 14.7 Å². The minimum absolute atomic E-state index is 0.118. The number of aromatic amines is 1. The second kappa shape index (κ2) is 3.69. The highest BCUT2D eigenvalue weighted by atomic mass is 16.6. The van der Waals surface area contributed by atoms with Crippen LogP contribution in [0.4, 0.5) is 0 Å². The fourth-order valence-electron chi connectivity index (χ4n) is 2.24. The van der Waals surface area contributed by atoms with Crippen LogP contribution in [0.1, 0.15) is 24.3 Å². The highest BCUT2D eigenvalue weighted by Crippen LogP contribution is 2.32. The summed E-state index contributed by atoms with van der Waals surface area (Å²) in [5.74, 6) is -1.03. The van der Waals surface area contributed by atoms with Gasteiger partial charge in [-0.1, -0.05) is 18.2 Å². The van der Waals surface area contributed by atoms with Crippen LogP contribution in [0.5, 0.6) is 0 Å². The molecule has 0 unspecified atom stereocenters. The van der Waals surface area contributed by atoms with Crippen molar-refractivity contribution in [2.24, 2.45) is 0 Å². The van der Waals surface area contributed by atoms with Gasteiger partial charge in [-0.2, -0.15) is 5.10 Å². The molecule has 5 nitrogen and oxygen atoms in total. The molecule has 1 saturated heterocycles. The van der Waals surface area contributed by atoms with E-state index < -0.39 is 11.9 Å². The summed E-state index contributed by atoms with van der Waals surface area (Å²) >= 11 is 0. The summed E-state index contributed by atoms with van der Waals surface area (Å²) in [6, 6.07) is 5.75. The van der Waals surface area contributed by atoms with E-state index in [2.05, 4.69) is 14.9 Å². The largest absolute Gasteiger partial charge is 0.393 e. The molecule has 0 amide bonds. The molecular weight excluding hydrogens is 220 g/mol. The Morgan fingerprint density at radius 2 is 2.00 bits per heavy atom. The lowest BCUT2D eigenvalue weighted by Crippen LogP contribution is -2.24. The summed E-state index contributed by atoms with van der Waals surface area (Å²) in [4.78, 5) is 22.5. The highest BCUT2D eigenvalue weighted by Gasteiger charge is 2.29. The molecule has 1 aromatic heterocycles. The smallest absolute Gasteiger partial charge is 0.314 e.